The Bertz CT molecular complexity index is 1120. The highest BCUT2D eigenvalue weighted by Gasteiger charge is 2.22. The van der Waals surface area contributed by atoms with Crippen LogP contribution < -0.4 is 4.90 Å². The van der Waals surface area contributed by atoms with E-state index in [4.69, 9.17) is 16.6 Å². The van der Waals surface area contributed by atoms with Crippen molar-refractivity contribution in [1.82, 2.24) is 9.97 Å². The summed E-state index contributed by atoms with van der Waals surface area (Å²) in [5, 5.41) is 1.41. The first-order chi connectivity index (χ1) is 14.1. The van der Waals surface area contributed by atoms with Crippen LogP contribution in [-0.4, -0.2) is 16.5 Å². The predicted molar refractivity (Wildman–Crippen MR) is 125 cm³/mol. The largest absolute Gasteiger partial charge is 0.352 e. The van der Waals surface area contributed by atoms with Gasteiger partial charge in [0.25, 0.3) is 0 Å². The molecule has 4 aromatic rings. The van der Waals surface area contributed by atoms with Gasteiger partial charge in [-0.1, -0.05) is 67.1 Å². The van der Waals surface area contributed by atoms with Crippen molar-refractivity contribution in [2.45, 2.75) is 33.7 Å². The topological polar surface area (TPSA) is 29.0 Å². The van der Waals surface area contributed by atoms with Crippen molar-refractivity contribution >= 4 is 39.0 Å². The first kappa shape index (κ1) is 19.9. The van der Waals surface area contributed by atoms with Crippen LogP contribution in [0, 0.1) is 6.92 Å². The van der Waals surface area contributed by atoms with Crippen LogP contribution in [0.2, 0.25) is 5.28 Å². The second-order valence-electron chi connectivity index (χ2n) is 7.12. The zero-order valence-electron chi connectivity index (χ0n) is 16.9. The number of rotatable bonds is 6. The monoisotopic (exact) mass is 421 g/mol. The molecule has 0 unspecified atom stereocenters. The molecule has 0 fully saturated rings. The Labute approximate surface area is 181 Å². The van der Waals surface area contributed by atoms with E-state index in [9.17, 15) is 0 Å². The van der Waals surface area contributed by atoms with Crippen LogP contribution in [0.4, 0.5) is 5.82 Å². The summed E-state index contributed by atoms with van der Waals surface area (Å²) in [4.78, 5) is 13.8. The lowest BCUT2D eigenvalue weighted by Crippen LogP contribution is -2.23. The molecule has 2 heterocycles. The van der Waals surface area contributed by atoms with Gasteiger partial charge in [-0.05, 0) is 43.0 Å². The molecule has 0 radical (unpaired) electrons. The van der Waals surface area contributed by atoms with Crippen LogP contribution in [0.25, 0.3) is 21.3 Å². The number of anilines is 1. The molecule has 29 heavy (non-hydrogen) atoms. The van der Waals surface area contributed by atoms with Gasteiger partial charge in [0.1, 0.15) is 10.6 Å². The second kappa shape index (κ2) is 8.52. The van der Waals surface area contributed by atoms with Gasteiger partial charge in [-0.15, -0.1) is 11.3 Å². The van der Waals surface area contributed by atoms with E-state index in [1.165, 1.54) is 27.1 Å². The highest BCUT2D eigenvalue weighted by Crippen LogP contribution is 2.43. The zero-order valence-corrected chi connectivity index (χ0v) is 18.5. The summed E-state index contributed by atoms with van der Waals surface area (Å²) in [5.74, 6) is 0.915. The van der Waals surface area contributed by atoms with Gasteiger partial charge in [0.15, 0.2) is 0 Å². The summed E-state index contributed by atoms with van der Waals surface area (Å²) in [6, 6.07) is 19.2. The Kier molecular flexibility index (Phi) is 5.84. The normalized spacial score (nSPS) is 11.2. The Morgan fingerprint density at radius 1 is 0.966 bits per heavy atom. The summed E-state index contributed by atoms with van der Waals surface area (Å²) in [5.41, 5.74) is 4.96. The molecule has 2 aromatic carbocycles. The van der Waals surface area contributed by atoms with Crippen molar-refractivity contribution in [2.75, 3.05) is 11.4 Å². The van der Waals surface area contributed by atoms with Crippen LogP contribution in [0.15, 0.2) is 54.6 Å². The van der Waals surface area contributed by atoms with Gasteiger partial charge < -0.3 is 4.90 Å². The van der Waals surface area contributed by atoms with E-state index in [0.717, 1.165) is 35.5 Å². The first-order valence-electron chi connectivity index (χ1n) is 9.95. The lowest BCUT2D eigenvalue weighted by Gasteiger charge is -2.23. The highest BCUT2D eigenvalue weighted by atomic mass is 35.5. The number of halogens is 1. The Balaban J connectivity index is 1.93. The van der Waals surface area contributed by atoms with Crippen molar-refractivity contribution in [3.8, 4) is 11.1 Å². The van der Waals surface area contributed by atoms with Crippen LogP contribution >= 0.6 is 22.9 Å². The molecule has 0 atom stereocenters. The molecule has 0 saturated heterocycles. The first-order valence-corrected chi connectivity index (χ1v) is 11.1. The summed E-state index contributed by atoms with van der Waals surface area (Å²) in [6.07, 6.45) is 0.951. The van der Waals surface area contributed by atoms with Crippen molar-refractivity contribution in [1.29, 1.82) is 0 Å². The van der Waals surface area contributed by atoms with Gasteiger partial charge in [-0.3, -0.25) is 0 Å². The van der Waals surface area contributed by atoms with Crippen LogP contribution in [0.1, 0.15) is 29.9 Å². The Morgan fingerprint density at radius 2 is 1.69 bits per heavy atom. The van der Waals surface area contributed by atoms with Gasteiger partial charge in [-0.25, -0.2) is 4.98 Å². The maximum Gasteiger partial charge on any atom is 0.225 e. The number of hydrogen-bond acceptors (Lipinski definition) is 4. The molecule has 0 aliphatic heterocycles. The van der Waals surface area contributed by atoms with Crippen molar-refractivity contribution in [2.24, 2.45) is 0 Å². The molecule has 0 amide bonds. The second-order valence-corrected chi connectivity index (χ2v) is 8.54. The maximum atomic E-state index is 6.36. The fourth-order valence-corrected chi connectivity index (χ4v) is 4.99. The Hall–Kier alpha value is -2.43. The molecule has 148 valence electrons. The number of hydrogen-bond donors (Lipinski definition) is 0. The molecule has 5 heteroatoms. The van der Waals surface area contributed by atoms with E-state index in [2.05, 4.69) is 79.2 Å². The maximum absolute atomic E-state index is 6.36. The van der Waals surface area contributed by atoms with Crippen LogP contribution in [0.3, 0.4) is 0 Å². The number of aryl methyl sites for hydroxylation is 2. The summed E-state index contributed by atoms with van der Waals surface area (Å²) in [7, 11) is 0. The van der Waals surface area contributed by atoms with Gasteiger partial charge >= 0.3 is 0 Å². The average molecular weight is 422 g/mol. The molecular weight excluding hydrogens is 398 g/mol. The summed E-state index contributed by atoms with van der Waals surface area (Å²) < 4.78 is 0. The van der Waals surface area contributed by atoms with Gasteiger partial charge in [0.2, 0.25) is 5.28 Å². The molecule has 3 nitrogen and oxygen atoms in total. The molecule has 0 N–H and O–H groups in total. The van der Waals surface area contributed by atoms with E-state index >= 15 is 0 Å². The third-order valence-corrected chi connectivity index (χ3v) is 6.53. The van der Waals surface area contributed by atoms with Crippen molar-refractivity contribution in [3.63, 3.8) is 0 Å². The van der Waals surface area contributed by atoms with E-state index in [1.807, 2.05) is 6.07 Å². The lowest BCUT2D eigenvalue weighted by atomic mass is 10.0. The van der Waals surface area contributed by atoms with Crippen LogP contribution in [0.5, 0.6) is 0 Å². The molecular formula is C24H24ClN3S. The lowest BCUT2D eigenvalue weighted by molar-refractivity contribution is 0.817. The van der Waals surface area contributed by atoms with E-state index in [0.29, 0.717) is 5.28 Å². The molecule has 2 aromatic heterocycles. The Morgan fingerprint density at radius 3 is 2.34 bits per heavy atom. The molecule has 0 aliphatic carbocycles. The summed E-state index contributed by atoms with van der Waals surface area (Å²) in [6.45, 7) is 8.08. The van der Waals surface area contributed by atoms with Gasteiger partial charge in [0, 0.05) is 23.5 Å². The average Bonchev–Trinajstić information content (AvgIpc) is 3.11. The molecule has 0 bridgehead atoms. The van der Waals surface area contributed by atoms with Gasteiger partial charge in [-0.2, -0.15) is 4.98 Å². The van der Waals surface area contributed by atoms with Crippen LogP contribution in [-0.2, 0) is 13.0 Å². The minimum absolute atomic E-state index is 0.304. The highest BCUT2D eigenvalue weighted by molar-refractivity contribution is 7.19. The molecule has 0 aliphatic rings. The fraction of sp³-hybridized carbons (Fsp3) is 0.250. The molecule has 0 saturated carbocycles. The minimum atomic E-state index is 0.304. The summed E-state index contributed by atoms with van der Waals surface area (Å²) >= 11 is 8.08. The van der Waals surface area contributed by atoms with Crippen molar-refractivity contribution in [3.05, 3.63) is 75.9 Å². The van der Waals surface area contributed by atoms with Crippen molar-refractivity contribution < 1.29 is 0 Å². The number of fused-ring (bicyclic) bond motifs is 1. The third-order valence-electron chi connectivity index (χ3n) is 5.14. The molecule has 0 spiro atoms. The number of aromatic nitrogens is 2. The van der Waals surface area contributed by atoms with E-state index in [1.54, 1.807) is 11.3 Å². The van der Waals surface area contributed by atoms with Gasteiger partial charge in [0.05, 0.1) is 5.39 Å². The standard InChI is InChI=1S/C24H24ClN3S/c1-4-19-20(18-13-11-16(3)12-14-18)21-22(26-24(25)27-23(21)29-19)28(5-2)15-17-9-7-6-8-10-17/h6-14H,4-5,15H2,1-3H3. The SMILES string of the molecule is CCc1sc2nc(Cl)nc(N(CC)Cc3ccccc3)c2c1-c1ccc(C)cc1. The smallest absolute Gasteiger partial charge is 0.225 e. The quantitative estimate of drug-likeness (QED) is 0.317. The van der Waals surface area contributed by atoms with E-state index in [-0.39, 0.29) is 0 Å². The minimum Gasteiger partial charge on any atom is -0.352 e. The van der Waals surface area contributed by atoms with E-state index < -0.39 is 0 Å². The molecule has 4 rings (SSSR count). The third kappa shape index (κ3) is 4.00. The number of benzene rings is 2. The number of thiophene rings is 1. The number of nitrogens with zero attached hydrogens (tertiary/aromatic N) is 3. The fourth-order valence-electron chi connectivity index (χ4n) is 3.65. The zero-order chi connectivity index (χ0) is 20.4. The predicted octanol–water partition coefficient (Wildman–Crippen LogP) is 6.91.